The Morgan fingerprint density at radius 1 is 1.25 bits per heavy atom. The third-order valence-corrected chi connectivity index (χ3v) is 4.84. The maximum atomic E-state index is 5.30. The Balaban J connectivity index is 1.94. The number of furan rings is 1. The molecule has 20 heavy (non-hydrogen) atoms. The summed E-state index contributed by atoms with van der Waals surface area (Å²) in [5.74, 6) is 1.60. The maximum Gasteiger partial charge on any atom is 0.158 e. The van der Waals surface area contributed by atoms with Crippen molar-refractivity contribution in [3.63, 3.8) is 0 Å². The van der Waals surface area contributed by atoms with E-state index in [0.717, 1.165) is 22.7 Å². The van der Waals surface area contributed by atoms with E-state index in [0.29, 0.717) is 6.54 Å². The van der Waals surface area contributed by atoms with Crippen LogP contribution in [0.3, 0.4) is 0 Å². The van der Waals surface area contributed by atoms with E-state index < -0.39 is 8.24 Å². The fourth-order valence-electron chi connectivity index (χ4n) is 2.04. The molecule has 0 aliphatic heterocycles. The van der Waals surface area contributed by atoms with Gasteiger partial charge in [0.25, 0.3) is 0 Å². The lowest BCUT2D eigenvalue weighted by molar-refractivity contribution is 0.518. The van der Waals surface area contributed by atoms with Crippen molar-refractivity contribution in [2.24, 2.45) is 0 Å². The zero-order chi connectivity index (χ0) is 14.2. The van der Waals surface area contributed by atoms with Gasteiger partial charge in [-0.2, -0.15) is 0 Å². The minimum atomic E-state index is -1.53. The number of aromatic nitrogens is 4. The summed E-state index contributed by atoms with van der Waals surface area (Å²) in [6.07, 6.45) is 5.10. The van der Waals surface area contributed by atoms with Crippen molar-refractivity contribution in [2.45, 2.75) is 26.2 Å². The quantitative estimate of drug-likeness (QED) is 0.747. The predicted molar refractivity (Wildman–Crippen MR) is 80.1 cm³/mol. The Hall–Kier alpha value is -2.15. The normalized spacial score (nSPS) is 11.9. The standard InChI is InChI=1S/C13H17N5OSi/c1-20(2,3)18-9-17-11-12(15-8-16-13(11)18)14-7-10-5-4-6-19-10/h4-6,8-9H,7H2,1-3H3,(H,14,15,16). The highest BCUT2D eigenvalue weighted by Gasteiger charge is 2.21. The van der Waals surface area contributed by atoms with Crippen LogP contribution < -0.4 is 5.32 Å². The molecule has 6 nitrogen and oxygen atoms in total. The predicted octanol–water partition coefficient (Wildman–Crippen LogP) is 2.71. The van der Waals surface area contributed by atoms with E-state index >= 15 is 0 Å². The monoisotopic (exact) mass is 287 g/mol. The number of fused-ring (bicyclic) bond motifs is 1. The van der Waals surface area contributed by atoms with E-state index in [1.54, 1.807) is 12.6 Å². The van der Waals surface area contributed by atoms with Crippen molar-refractivity contribution in [2.75, 3.05) is 5.32 Å². The van der Waals surface area contributed by atoms with Crippen LogP contribution in [0.2, 0.25) is 19.6 Å². The van der Waals surface area contributed by atoms with Crippen LogP contribution in [-0.4, -0.2) is 27.4 Å². The fourth-order valence-corrected chi connectivity index (χ4v) is 3.24. The van der Waals surface area contributed by atoms with Gasteiger partial charge in [-0.1, -0.05) is 19.6 Å². The van der Waals surface area contributed by atoms with Gasteiger partial charge in [0.1, 0.15) is 17.6 Å². The molecule has 104 valence electrons. The van der Waals surface area contributed by atoms with Crippen LogP contribution in [0.1, 0.15) is 5.76 Å². The molecule has 0 amide bonds. The highest BCUT2D eigenvalue weighted by molar-refractivity contribution is 6.75. The molecule has 1 N–H and O–H groups in total. The van der Waals surface area contributed by atoms with Crippen LogP contribution in [0, 0.1) is 0 Å². The highest BCUT2D eigenvalue weighted by atomic mass is 28.3. The van der Waals surface area contributed by atoms with Crippen molar-refractivity contribution in [3.05, 3.63) is 36.8 Å². The topological polar surface area (TPSA) is 68.8 Å². The van der Waals surface area contributed by atoms with E-state index in [2.05, 4.69) is 44.1 Å². The summed E-state index contributed by atoms with van der Waals surface area (Å²) in [4.78, 5) is 13.1. The Morgan fingerprint density at radius 2 is 2.10 bits per heavy atom. The minimum absolute atomic E-state index is 0.582. The zero-order valence-corrected chi connectivity index (χ0v) is 12.8. The lowest BCUT2D eigenvalue weighted by Crippen LogP contribution is -2.31. The summed E-state index contributed by atoms with van der Waals surface area (Å²) in [6, 6.07) is 3.79. The third kappa shape index (κ3) is 2.31. The molecule has 0 bridgehead atoms. The number of anilines is 1. The summed E-state index contributed by atoms with van der Waals surface area (Å²) >= 11 is 0. The number of nitrogens with zero attached hydrogens (tertiary/aromatic N) is 4. The molecule has 0 fully saturated rings. The van der Waals surface area contributed by atoms with E-state index in [1.165, 1.54) is 0 Å². The largest absolute Gasteiger partial charge is 0.467 e. The Bertz CT molecular complexity index is 714. The second-order valence-corrected chi connectivity index (χ2v) is 10.4. The number of hydrogen-bond acceptors (Lipinski definition) is 5. The number of nitrogens with one attached hydrogen (secondary N) is 1. The Morgan fingerprint density at radius 3 is 2.80 bits per heavy atom. The molecule has 0 atom stereocenters. The van der Waals surface area contributed by atoms with Gasteiger partial charge < -0.3 is 14.0 Å². The van der Waals surface area contributed by atoms with Gasteiger partial charge in [0.15, 0.2) is 19.7 Å². The van der Waals surface area contributed by atoms with Crippen molar-refractivity contribution in [3.8, 4) is 0 Å². The molecule has 3 rings (SSSR count). The molecule has 0 saturated carbocycles. The van der Waals surface area contributed by atoms with E-state index in [1.807, 2.05) is 18.5 Å². The van der Waals surface area contributed by atoms with Gasteiger partial charge in [0, 0.05) is 0 Å². The molecule has 3 aromatic rings. The number of imidazole rings is 1. The minimum Gasteiger partial charge on any atom is -0.467 e. The molecular formula is C13H17N5OSi. The molecule has 0 radical (unpaired) electrons. The summed E-state index contributed by atoms with van der Waals surface area (Å²) in [7, 11) is -1.53. The highest BCUT2D eigenvalue weighted by Crippen LogP contribution is 2.21. The van der Waals surface area contributed by atoms with Crippen LogP contribution >= 0.6 is 0 Å². The van der Waals surface area contributed by atoms with Gasteiger partial charge in [-0.15, -0.1) is 0 Å². The van der Waals surface area contributed by atoms with Crippen molar-refractivity contribution < 1.29 is 4.42 Å². The van der Waals surface area contributed by atoms with Crippen LogP contribution in [0.25, 0.3) is 11.2 Å². The molecule has 0 unspecified atom stereocenters. The second kappa shape index (κ2) is 4.75. The first kappa shape index (κ1) is 12.9. The molecule has 0 aliphatic rings. The summed E-state index contributed by atoms with van der Waals surface area (Å²) in [6.45, 7) is 7.35. The lowest BCUT2D eigenvalue weighted by Gasteiger charge is -2.18. The zero-order valence-electron chi connectivity index (χ0n) is 11.8. The molecule has 0 spiro atoms. The number of hydrogen-bond donors (Lipinski definition) is 1. The molecule has 0 aromatic carbocycles. The Labute approximate surface area is 118 Å². The van der Waals surface area contributed by atoms with Gasteiger partial charge in [-0.05, 0) is 12.1 Å². The van der Waals surface area contributed by atoms with E-state index in [4.69, 9.17) is 4.42 Å². The summed E-state index contributed by atoms with van der Waals surface area (Å²) < 4.78 is 7.48. The summed E-state index contributed by atoms with van der Waals surface area (Å²) in [5.41, 5.74) is 1.70. The van der Waals surface area contributed by atoms with Gasteiger partial charge in [0.2, 0.25) is 0 Å². The molecule has 3 heterocycles. The lowest BCUT2D eigenvalue weighted by atomic mass is 10.4. The van der Waals surface area contributed by atoms with E-state index in [9.17, 15) is 0 Å². The smallest absolute Gasteiger partial charge is 0.158 e. The van der Waals surface area contributed by atoms with Crippen molar-refractivity contribution in [1.29, 1.82) is 0 Å². The first-order valence-electron chi connectivity index (χ1n) is 6.50. The molecule has 7 heteroatoms. The van der Waals surface area contributed by atoms with Crippen LogP contribution in [0.4, 0.5) is 5.82 Å². The molecule has 0 aliphatic carbocycles. The molecular weight excluding hydrogens is 270 g/mol. The number of rotatable bonds is 4. The SMILES string of the molecule is C[Si](C)(C)n1cnc2c(NCc3ccco3)ncnc21. The third-order valence-electron chi connectivity index (χ3n) is 3.07. The van der Waals surface area contributed by atoms with Crippen LogP contribution in [0.15, 0.2) is 35.5 Å². The van der Waals surface area contributed by atoms with Gasteiger partial charge >= 0.3 is 0 Å². The van der Waals surface area contributed by atoms with Crippen molar-refractivity contribution in [1.82, 2.24) is 19.2 Å². The van der Waals surface area contributed by atoms with Gasteiger partial charge in [0.05, 0.1) is 19.1 Å². The first-order valence-corrected chi connectivity index (χ1v) is 9.95. The average Bonchev–Trinajstić information content (AvgIpc) is 3.04. The fraction of sp³-hybridized carbons (Fsp3) is 0.308. The molecule has 3 aromatic heterocycles. The first-order chi connectivity index (χ1) is 9.55. The van der Waals surface area contributed by atoms with Crippen LogP contribution in [0.5, 0.6) is 0 Å². The van der Waals surface area contributed by atoms with Gasteiger partial charge in [-0.25, -0.2) is 15.0 Å². The average molecular weight is 287 g/mol. The second-order valence-electron chi connectivity index (χ2n) is 5.61. The van der Waals surface area contributed by atoms with Crippen molar-refractivity contribution >= 4 is 25.2 Å². The van der Waals surface area contributed by atoms with Gasteiger partial charge in [-0.3, -0.25) is 0 Å². The molecule has 0 saturated heterocycles. The maximum absolute atomic E-state index is 5.30. The summed E-state index contributed by atoms with van der Waals surface area (Å²) in [5, 5.41) is 3.25. The Kier molecular flexibility index (Phi) is 3.05. The van der Waals surface area contributed by atoms with Crippen LogP contribution in [-0.2, 0) is 6.54 Å². The van der Waals surface area contributed by atoms with E-state index in [-0.39, 0.29) is 0 Å².